The monoisotopic (exact) mass is 238 g/mol. The summed E-state index contributed by atoms with van der Waals surface area (Å²) in [7, 11) is 0. The van der Waals surface area contributed by atoms with Gasteiger partial charge in [-0.2, -0.15) is 0 Å². The Bertz CT molecular complexity index is 362. The van der Waals surface area contributed by atoms with Gasteiger partial charge in [-0.3, -0.25) is 4.79 Å². The Balaban J connectivity index is 2.09. The highest BCUT2D eigenvalue weighted by molar-refractivity contribution is 4.93. The van der Waals surface area contributed by atoms with Gasteiger partial charge in [0.15, 0.2) is 0 Å². The molecule has 1 atom stereocenters. The number of aliphatic hydroxyl groups excluding tert-OH is 1. The average molecular weight is 238 g/mol. The molecule has 1 rings (SSSR count). The summed E-state index contributed by atoms with van der Waals surface area (Å²) >= 11 is 0. The summed E-state index contributed by atoms with van der Waals surface area (Å²) < 4.78 is 1.70. The summed E-state index contributed by atoms with van der Waals surface area (Å²) in [5.41, 5.74) is 0.0446. The van der Waals surface area contributed by atoms with Gasteiger partial charge in [-0.05, 0) is 31.4 Å². The van der Waals surface area contributed by atoms with Crippen LogP contribution in [0.2, 0.25) is 0 Å². The van der Waals surface area contributed by atoms with Gasteiger partial charge in [-0.25, -0.2) is 0 Å². The van der Waals surface area contributed by atoms with Crippen molar-refractivity contribution in [2.45, 2.75) is 26.3 Å². The van der Waals surface area contributed by atoms with E-state index in [1.54, 1.807) is 22.9 Å². The molecule has 96 valence electrons. The number of aliphatic hydroxyl groups is 1. The largest absolute Gasteiger partial charge is 0.396 e. The highest BCUT2D eigenvalue weighted by Crippen LogP contribution is 2.02. The zero-order valence-corrected chi connectivity index (χ0v) is 10.4. The summed E-state index contributed by atoms with van der Waals surface area (Å²) in [5, 5.41) is 12.2. The summed E-state index contributed by atoms with van der Waals surface area (Å²) in [5.74, 6) is 0.383. The number of hydrogen-bond donors (Lipinski definition) is 2. The smallest absolute Gasteiger partial charge is 0.250 e. The second-order valence-corrected chi connectivity index (χ2v) is 4.41. The molecule has 0 fully saturated rings. The van der Waals surface area contributed by atoms with E-state index in [4.69, 9.17) is 5.11 Å². The fourth-order valence-electron chi connectivity index (χ4n) is 1.64. The number of aromatic nitrogens is 1. The fourth-order valence-corrected chi connectivity index (χ4v) is 1.64. The quantitative estimate of drug-likeness (QED) is 0.660. The van der Waals surface area contributed by atoms with E-state index in [-0.39, 0.29) is 12.2 Å². The third kappa shape index (κ3) is 5.65. The lowest BCUT2D eigenvalue weighted by molar-refractivity contribution is 0.228. The Morgan fingerprint density at radius 2 is 2.24 bits per heavy atom. The first-order chi connectivity index (χ1) is 8.24. The van der Waals surface area contributed by atoms with Crippen molar-refractivity contribution in [3.63, 3.8) is 0 Å². The highest BCUT2D eigenvalue weighted by Gasteiger charge is 1.98. The topological polar surface area (TPSA) is 54.3 Å². The number of rotatable bonds is 8. The average Bonchev–Trinajstić information content (AvgIpc) is 2.35. The molecule has 0 aromatic carbocycles. The molecule has 2 N–H and O–H groups in total. The van der Waals surface area contributed by atoms with Gasteiger partial charge in [-0.1, -0.05) is 13.0 Å². The molecule has 0 bridgehead atoms. The molecular weight excluding hydrogens is 216 g/mol. The molecule has 0 saturated heterocycles. The Hall–Kier alpha value is -1.13. The predicted molar refractivity (Wildman–Crippen MR) is 69.1 cm³/mol. The van der Waals surface area contributed by atoms with E-state index < -0.39 is 0 Å². The molecule has 0 aliphatic heterocycles. The van der Waals surface area contributed by atoms with Crippen LogP contribution < -0.4 is 10.9 Å². The van der Waals surface area contributed by atoms with Gasteiger partial charge >= 0.3 is 0 Å². The van der Waals surface area contributed by atoms with Crippen molar-refractivity contribution in [3.8, 4) is 0 Å². The van der Waals surface area contributed by atoms with Crippen LogP contribution in [-0.4, -0.2) is 29.4 Å². The molecule has 1 unspecified atom stereocenters. The van der Waals surface area contributed by atoms with Gasteiger partial charge in [-0.15, -0.1) is 0 Å². The third-order valence-electron chi connectivity index (χ3n) is 2.79. The molecule has 4 heteroatoms. The normalized spacial score (nSPS) is 12.6. The Morgan fingerprint density at radius 1 is 1.41 bits per heavy atom. The van der Waals surface area contributed by atoms with Gasteiger partial charge in [0, 0.05) is 32.0 Å². The molecule has 0 amide bonds. The Labute approximate surface area is 102 Å². The van der Waals surface area contributed by atoms with Crippen molar-refractivity contribution < 1.29 is 5.11 Å². The van der Waals surface area contributed by atoms with Gasteiger partial charge in [0.25, 0.3) is 5.56 Å². The van der Waals surface area contributed by atoms with Crippen molar-refractivity contribution in [2.24, 2.45) is 5.92 Å². The fraction of sp³-hybridized carbons (Fsp3) is 0.615. The first kappa shape index (κ1) is 13.9. The van der Waals surface area contributed by atoms with Crippen LogP contribution >= 0.6 is 0 Å². The van der Waals surface area contributed by atoms with Gasteiger partial charge in [0.2, 0.25) is 0 Å². The molecule has 1 heterocycles. The van der Waals surface area contributed by atoms with Crippen LogP contribution in [0.25, 0.3) is 0 Å². The minimum Gasteiger partial charge on any atom is -0.396 e. The Morgan fingerprint density at radius 3 is 2.94 bits per heavy atom. The Kier molecular flexibility index (Phi) is 6.58. The third-order valence-corrected chi connectivity index (χ3v) is 2.79. The maximum Gasteiger partial charge on any atom is 0.250 e. The van der Waals surface area contributed by atoms with Crippen molar-refractivity contribution >= 4 is 0 Å². The van der Waals surface area contributed by atoms with E-state index in [1.807, 2.05) is 13.0 Å². The van der Waals surface area contributed by atoms with E-state index in [1.165, 1.54) is 0 Å². The zero-order valence-electron chi connectivity index (χ0n) is 10.4. The molecule has 0 saturated carbocycles. The molecule has 17 heavy (non-hydrogen) atoms. The first-order valence-corrected chi connectivity index (χ1v) is 6.21. The summed E-state index contributed by atoms with van der Waals surface area (Å²) in [4.78, 5) is 11.4. The molecule has 0 aliphatic rings. The lowest BCUT2D eigenvalue weighted by Gasteiger charge is -2.09. The molecule has 1 aromatic rings. The van der Waals surface area contributed by atoms with Crippen molar-refractivity contribution in [1.29, 1.82) is 0 Å². The number of hydrogen-bond acceptors (Lipinski definition) is 3. The first-order valence-electron chi connectivity index (χ1n) is 6.21. The number of nitrogens with zero attached hydrogens (tertiary/aromatic N) is 1. The SMILES string of the molecule is CC(CO)CCCNCCn1ccccc1=O. The van der Waals surface area contributed by atoms with Crippen LogP contribution in [0.4, 0.5) is 0 Å². The maximum absolute atomic E-state index is 11.4. The summed E-state index contributed by atoms with van der Waals surface area (Å²) in [6, 6.07) is 5.19. The second-order valence-electron chi connectivity index (χ2n) is 4.41. The van der Waals surface area contributed by atoms with Crippen molar-refractivity contribution in [3.05, 3.63) is 34.7 Å². The molecule has 1 aromatic heterocycles. The molecule has 0 radical (unpaired) electrons. The van der Waals surface area contributed by atoms with Crippen molar-refractivity contribution in [1.82, 2.24) is 9.88 Å². The lowest BCUT2D eigenvalue weighted by atomic mass is 10.1. The minimum atomic E-state index is 0.0446. The highest BCUT2D eigenvalue weighted by atomic mass is 16.3. The lowest BCUT2D eigenvalue weighted by Crippen LogP contribution is -2.26. The van der Waals surface area contributed by atoms with E-state index >= 15 is 0 Å². The summed E-state index contributed by atoms with van der Waals surface area (Å²) in [6.07, 6.45) is 3.90. The van der Waals surface area contributed by atoms with Gasteiger partial charge in [0.05, 0.1) is 0 Å². The number of pyridine rings is 1. The van der Waals surface area contributed by atoms with Crippen LogP contribution in [0.15, 0.2) is 29.2 Å². The van der Waals surface area contributed by atoms with Gasteiger partial charge in [0.1, 0.15) is 0 Å². The van der Waals surface area contributed by atoms with E-state index in [0.717, 1.165) is 25.9 Å². The van der Waals surface area contributed by atoms with Crippen LogP contribution in [0.1, 0.15) is 19.8 Å². The standard InChI is InChI=1S/C13H22N2O2/c1-12(11-16)5-4-7-14-8-10-15-9-3-2-6-13(15)17/h2-3,6,9,12,14,16H,4-5,7-8,10-11H2,1H3. The van der Waals surface area contributed by atoms with E-state index in [2.05, 4.69) is 5.32 Å². The second kappa shape index (κ2) is 8.03. The van der Waals surface area contributed by atoms with Gasteiger partial charge < -0.3 is 15.0 Å². The maximum atomic E-state index is 11.4. The zero-order chi connectivity index (χ0) is 12.5. The molecule has 0 spiro atoms. The van der Waals surface area contributed by atoms with Crippen LogP contribution in [0, 0.1) is 5.92 Å². The van der Waals surface area contributed by atoms with Crippen LogP contribution in [-0.2, 0) is 6.54 Å². The van der Waals surface area contributed by atoms with Crippen LogP contribution in [0.3, 0.4) is 0 Å². The molecule has 4 nitrogen and oxygen atoms in total. The number of nitrogens with one attached hydrogen (secondary N) is 1. The van der Waals surface area contributed by atoms with E-state index in [0.29, 0.717) is 12.5 Å². The van der Waals surface area contributed by atoms with Crippen molar-refractivity contribution in [2.75, 3.05) is 19.7 Å². The summed E-state index contributed by atoms with van der Waals surface area (Å²) in [6.45, 7) is 4.75. The van der Waals surface area contributed by atoms with E-state index in [9.17, 15) is 4.79 Å². The minimum absolute atomic E-state index is 0.0446. The molecular formula is C13H22N2O2. The predicted octanol–water partition coefficient (Wildman–Crippen LogP) is 0.846. The van der Waals surface area contributed by atoms with Crippen LogP contribution in [0.5, 0.6) is 0 Å². The molecule has 0 aliphatic carbocycles.